The minimum atomic E-state index is -0.377. The minimum absolute atomic E-state index is 0.0968. The Balaban J connectivity index is 1.47. The SMILES string of the molecule is O=C(N/N=C/c1cccc(-c2ccc3c(c2)OCO3)n1)c1ccc(O)cc1. The molecule has 7 heteroatoms. The standard InChI is InChI=1S/C20H15N3O4/c24-16-7-4-13(5-8-16)20(25)23-21-11-15-2-1-3-17(22-15)14-6-9-18-19(10-14)27-12-26-18/h1-11,24H,12H2,(H,23,25)/b21-11+. The molecular formula is C20H15N3O4. The average Bonchev–Trinajstić information content (AvgIpc) is 3.16. The number of pyridine rings is 1. The van der Waals surface area contributed by atoms with E-state index >= 15 is 0 Å². The van der Waals surface area contributed by atoms with Crippen molar-refractivity contribution >= 4 is 12.1 Å². The lowest BCUT2D eigenvalue weighted by molar-refractivity contribution is 0.0955. The fourth-order valence-corrected chi connectivity index (χ4v) is 2.57. The molecule has 2 heterocycles. The molecule has 7 nitrogen and oxygen atoms in total. The Hall–Kier alpha value is -3.87. The summed E-state index contributed by atoms with van der Waals surface area (Å²) in [5, 5.41) is 13.2. The molecule has 1 amide bonds. The van der Waals surface area contributed by atoms with E-state index in [9.17, 15) is 9.90 Å². The summed E-state index contributed by atoms with van der Waals surface area (Å²) in [7, 11) is 0. The van der Waals surface area contributed by atoms with Crippen LogP contribution in [0.15, 0.2) is 65.8 Å². The van der Waals surface area contributed by atoms with Crippen molar-refractivity contribution in [3.63, 3.8) is 0 Å². The maximum atomic E-state index is 12.0. The van der Waals surface area contributed by atoms with Crippen molar-refractivity contribution < 1.29 is 19.4 Å². The number of ether oxygens (including phenoxy) is 2. The number of benzene rings is 2. The average molecular weight is 361 g/mol. The van der Waals surface area contributed by atoms with E-state index in [0.717, 1.165) is 11.3 Å². The van der Waals surface area contributed by atoms with E-state index in [1.165, 1.54) is 30.5 Å². The van der Waals surface area contributed by atoms with Gasteiger partial charge in [0, 0.05) is 11.1 Å². The van der Waals surface area contributed by atoms with Crippen LogP contribution in [0.1, 0.15) is 16.1 Å². The molecule has 2 aromatic carbocycles. The first-order valence-electron chi connectivity index (χ1n) is 8.18. The monoisotopic (exact) mass is 361 g/mol. The largest absolute Gasteiger partial charge is 0.508 e. The lowest BCUT2D eigenvalue weighted by atomic mass is 10.1. The Morgan fingerprint density at radius 2 is 1.89 bits per heavy atom. The zero-order chi connectivity index (χ0) is 18.6. The number of rotatable bonds is 4. The third-order valence-electron chi connectivity index (χ3n) is 3.93. The van der Waals surface area contributed by atoms with Gasteiger partial charge in [-0.2, -0.15) is 5.10 Å². The molecule has 1 aromatic heterocycles. The van der Waals surface area contributed by atoms with Crippen LogP contribution in [0.4, 0.5) is 0 Å². The van der Waals surface area contributed by atoms with Crippen LogP contribution in [-0.4, -0.2) is 29.0 Å². The van der Waals surface area contributed by atoms with Crippen LogP contribution >= 0.6 is 0 Å². The number of fused-ring (bicyclic) bond motifs is 1. The summed E-state index contributed by atoms with van der Waals surface area (Å²) in [4.78, 5) is 16.5. The molecule has 1 aliphatic heterocycles. The van der Waals surface area contributed by atoms with E-state index in [-0.39, 0.29) is 18.4 Å². The number of hydrogen-bond acceptors (Lipinski definition) is 6. The quantitative estimate of drug-likeness (QED) is 0.550. The van der Waals surface area contributed by atoms with Crippen molar-refractivity contribution in [3.8, 4) is 28.5 Å². The number of aromatic hydroxyl groups is 1. The van der Waals surface area contributed by atoms with Gasteiger partial charge >= 0.3 is 0 Å². The molecule has 0 saturated carbocycles. The van der Waals surface area contributed by atoms with Gasteiger partial charge in [-0.3, -0.25) is 4.79 Å². The van der Waals surface area contributed by atoms with Crippen LogP contribution in [0.3, 0.4) is 0 Å². The van der Waals surface area contributed by atoms with Gasteiger partial charge in [0.1, 0.15) is 5.75 Å². The van der Waals surface area contributed by atoms with Gasteiger partial charge in [-0.1, -0.05) is 6.07 Å². The Morgan fingerprint density at radius 3 is 2.74 bits per heavy atom. The van der Waals surface area contributed by atoms with Gasteiger partial charge < -0.3 is 14.6 Å². The summed E-state index contributed by atoms with van der Waals surface area (Å²) < 4.78 is 10.7. The van der Waals surface area contributed by atoms with Crippen LogP contribution in [0.25, 0.3) is 11.3 Å². The van der Waals surface area contributed by atoms with E-state index < -0.39 is 0 Å². The van der Waals surface area contributed by atoms with Gasteiger partial charge in [-0.05, 0) is 54.6 Å². The van der Waals surface area contributed by atoms with Crippen molar-refractivity contribution in [1.29, 1.82) is 0 Å². The van der Waals surface area contributed by atoms with E-state index in [1.807, 2.05) is 30.3 Å². The highest BCUT2D eigenvalue weighted by atomic mass is 16.7. The van der Waals surface area contributed by atoms with Gasteiger partial charge in [0.05, 0.1) is 17.6 Å². The summed E-state index contributed by atoms with van der Waals surface area (Å²) in [5.74, 6) is 1.13. The molecule has 0 aliphatic carbocycles. The van der Waals surface area contributed by atoms with Crippen LogP contribution in [0.5, 0.6) is 17.2 Å². The molecule has 0 unspecified atom stereocenters. The second kappa shape index (κ2) is 7.17. The molecule has 0 spiro atoms. The topological polar surface area (TPSA) is 93.0 Å². The molecule has 0 atom stereocenters. The normalized spacial score (nSPS) is 12.3. The molecule has 0 saturated heterocycles. The molecule has 3 aromatic rings. The van der Waals surface area contributed by atoms with Crippen LogP contribution in [0, 0.1) is 0 Å². The fraction of sp³-hybridized carbons (Fsp3) is 0.0500. The maximum absolute atomic E-state index is 12.0. The highest BCUT2D eigenvalue weighted by molar-refractivity contribution is 5.94. The molecule has 4 rings (SSSR count). The minimum Gasteiger partial charge on any atom is -0.508 e. The number of phenols is 1. The number of amides is 1. The number of nitrogens with zero attached hydrogens (tertiary/aromatic N) is 2. The van der Waals surface area contributed by atoms with E-state index in [4.69, 9.17) is 9.47 Å². The second-order valence-electron chi connectivity index (χ2n) is 5.76. The summed E-state index contributed by atoms with van der Waals surface area (Å²) >= 11 is 0. The smallest absolute Gasteiger partial charge is 0.271 e. The van der Waals surface area contributed by atoms with Crippen molar-refractivity contribution in [2.45, 2.75) is 0 Å². The molecule has 1 aliphatic rings. The molecular weight excluding hydrogens is 346 g/mol. The lowest BCUT2D eigenvalue weighted by Gasteiger charge is -2.04. The van der Waals surface area contributed by atoms with Crippen molar-refractivity contribution in [1.82, 2.24) is 10.4 Å². The highest BCUT2D eigenvalue weighted by Crippen LogP contribution is 2.35. The number of nitrogens with one attached hydrogen (secondary N) is 1. The van der Waals surface area contributed by atoms with Crippen LogP contribution in [-0.2, 0) is 0 Å². The lowest BCUT2D eigenvalue weighted by Crippen LogP contribution is -2.17. The van der Waals surface area contributed by atoms with E-state index in [2.05, 4.69) is 15.5 Å². The molecule has 0 bridgehead atoms. The molecule has 27 heavy (non-hydrogen) atoms. The summed E-state index contributed by atoms with van der Waals surface area (Å²) in [6.07, 6.45) is 1.47. The Kier molecular flexibility index (Phi) is 4.40. The van der Waals surface area contributed by atoms with Gasteiger partial charge in [0.15, 0.2) is 11.5 Å². The number of hydrogen-bond donors (Lipinski definition) is 2. The Bertz CT molecular complexity index is 1020. The zero-order valence-corrected chi connectivity index (χ0v) is 14.1. The van der Waals surface area contributed by atoms with Crippen molar-refractivity contribution in [3.05, 3.63) is 71.9 Å². The van der Waals surface area contributed by atoms with Gasteiger partial charge in [-0.25, -0.2) is 10.4 Å². The van der Waals surface area contributed by atoms with Gasteiger partial charge in [0.2, 0.25) is 6.79 Å². The molecule has 2 N–H and O–H groups in total. The predicted octanol–water partition coefficient (Wildman–Crippen LogP) is 2.95. The summed E-state index contributed by atoms with van der Waals surface area (Å²) in [6, 6.07) is 17.0. The third kappa shape index (κ3) is 3.72. The summed E-state index contributed by atoms with van der Waals surface area (Å²) in [5.41, 5.74) is 5.06. The second-order valence-corrected chi connectivity index (χ2v) is 5.76. The zero-order valence-electron chi connectivity index (χ0n) is 14.1. The molecule has 0 fully saturated rings. The Labute approximate surface area is 154 Å². The first-order valence-corrected chi connectivity index (χ1v) is 8.18. The first kappa shape index (κ1) is 16.6. The number of phenolic OH excluding ortho intramolecular Hbond substituents is 1. The van der Waals surface area contributed by atoms with Crippen molar-refractivity contribution in [2.75, 3.05) is 6.79 Å². The number of hydrazone groups is 1. The van der Waals surface area contributed by atoms with E-state index in [1.54, 1.807) is 6.07 Å². The van der Waals surface area contributed by atoms with Crippen molar-refractivity contribution in [2.24, 2.45) is 5.10 Å². The number of carbonyl (C=O) groups is 1. The molecule has 134 valence electrons. The fourth-order valence-electron chi connectivity index (χ4n) is 2.57. The van der Waals surface area contributed by atoms with Crippen LogP contribution < -0.4 is 14.9 Å². The Morgan fingerprint density at radius 1 is 1.07 bits per heavy atom. The highest BCUT2D eigenvalue weighted by Gasteiger charge is 2.14. The van der Waals surface area contributed by atoms with E-state index in [0.29, 0.717) is 22.8 Å². The maximum Gasteiger partial charge on any atom is 0.271 e. The third-order valence-corrected chi connectivity index (χ3v) is 3.93. The van der Waals surface area contributed by atoms with Gasteiger partial charge in [0.25, 0.3) is 5.91 Å². The first-order chi connectivity index (χ1) is 13.2. The molecule has 0 radical (unpaired) electrons. The number of aromatic nitrogens is 1. The summed E-state index contributed by atoms with van der Waals surface area (Å²) in [6.45, 7) is 0.222. The van der Waals surface area contributed by atoms with Crippen LogP contribution in [0.2, 0.25) is 0 Å². The predicted molar refractivity (Wildman–Crippen MR) is 99.0 cm³/mol. The van der Waals surface area contributed by atoms with Gasteiger partial charge in [-0.15, -0.1) is 0 Å². The number of carbonyl (C=O) groups excluding carboxylic acids is 1.